The van der Waals surface area contributed by atoms with Gasteiger partial charge in [-0.25, -0.2) is 24.7 Å². The minimum absolute atomic E-state index is 0.626. The summed E-state index contributed by atoms with van der Waals surface area (Å²) in [6.07, 6.45) is 0.320. The van der Waals surface area contributed by atoms with Gasteiger partial charge in [0.15, 0.2) is 11.5 Å². The minimum atomic E-state index is -5.08. The van der Waals surface area contributed by atoms with Crippen LogP contribution in [0.25, 0.3) is 39.1 Å². The summed E-state index contributed by atoms with van der Waals surface area (Å²) in [7, 11) is 0. The number of alkyl halides is 3. The van der Waals surface area contributed by atoms with Gasteiger partial charge in [0.05, 0.1) is 23.7 Å². The number of benzene rings is 1. The molecule has 0 aliphatic heterocycles. The van der Waals surface area contributed by atoms with E-state index in [1.807, 2.05) is 53.9 Å². The molecule has 5 heterocycles. The molecule has 0 aliphatic carbocycles. The third-order valence-electron chi connectivity index (χ3n) is 5.13. The maximum atomic E-state index is 10.6. The first kappa shape index (κ1) is 22.8. The zero-order valence-electron chi connectivity index (χ0n) is 18.4. The fraction of sp³-hybridized carbons (Fsp3) is 0.0909. The van der Waals surface area contributed by atoms with Gasteiger partial charge in [-0.15, -0.1) is 0 Å². The van der Waals surface area contributed by atoms with Crippen LogP contribution in [0.15, 0.2) is 55.1 Å². The summed E-state index contributed by atoms with van der Waals surface area (Å²) in [5, 5.41) is 18.7. The summed E-state index contributed by atoms with van der Waals surface area (Å²) >= 11 is 0. The molecule has 0 bridgehead atoms. The molecule has 182 valence electrons. The number of hydrogen-bond acceptors (Lipinski definition) is 7. The number of anilines is 2. The van der Waals surface area contributed by atoms with Crippen molar-refractivity contribution in [1.82, 2.24) is 39.5 Å². The number of aliphatic carboxylic acids is 1. The fourth-order valence-electron chi connectivity index (χ4n) is 3.63. The number of hydrogen-bond donors (Lipinski definition) is 4. The van der Waals surface area contributed by atoms with E-state index < -0.39 is 12.1 Å². The van der Waals surface area contributed by atoms with Crippen LogP contribution < -0.4 is 5.32 Å². The van der Waals surface area contributed by atoms with Crippen molar-refractivity contribution in [1.29, 1.82) is 0 Å². The van der Waals surface area contributed by atoms with E-state index in [2.05, 4.69) is 30.5 Å². The molecule has 6 aromatic rings. The van der Waals surface area contributed by atoms with Gasteiger partial charge in [0.25, 0.3) is 0 Å². The van der Waals surface area contributed by atoms with Crippen molar-refractivity contribution in [3.05, 3.63) is 60.9 Å². The molecule has 0 spiro atoms. The van der Waals surface area contributed by atoms with Crippen molar-refractivity contribution in [2.45, 2.75) is 13.1 Å². The molecule has 0 saturated heterocycles. The quantitative estimate of drug-likeness (QED) is 0.285. The van der Waals surface area contributed by atoms with Gasteiger partial charge in [0.2, 0.25) is 0 Å². The molecule has 0 unspecified atom stereocenters. The van der Waals surface area contributed by atoms with E-state index in [1.165, 1.54) is 0 Å². The predicted octanol–water partition coefficient (Wildman–Crippen LogP) is 4.23. The highest BCUT2D eigenvalue weighted by molar-refractivity contribution is 5.96. The maximum absolute atomic E-state index is 10.6. The molecule has 0 atom stereocenters. The number of aromatic nitrogens is 8. The number of pyridine rings is 1. The lowest BCUT2D eigenvalue weighted by molar-refractivity contribution is -0.192. The number of nitrogens with one attached hydrogen (secondary N) is 3. The largest absolute Gasteiger partial charge is 0.490 e. The van der Waals surface area contributed by atoms with Crippen LogP contribution in [-0.4, -0.2) is 56.8 Å². The lowest BCUT2D eigenvalue weighted by atomic mass is 10.2. The van der Waals surface area contributed by atoms with Crippen molar-refractivity contribution in [3.8, 4) is 11.4 Å². The number of carboxylic acids is 1. The summed E-state index contributed by atoms with van der Waals surface area (Å²) in [6.45, 7) is 1.86. The van der Waals surface area contributed by atoms with Crippen LogP contribution in [0.2, 0.25) is 0 Å². The first-order chi connectivity index (χ1) is 17.2. The van der Waals surface area contributed by atoms with Crippen molar-refractivity contribution in [3.63, 3.8) is 0 Å². The number of imidazole rings is 2. The van der Waals surface area contributed by atoms with Gasteiger partial charge in [0, 0.05) is 11.6 Å². The van der Waals surface area contributed by atoms with E-state index in [9.17, 15) is 13.2 Å². The molecule has 0 amide bonds. The summed E-state index contributed by atoms with van der Waals surface area (Å²) in [6, 6.07) is 11.9. The maximum Gasteiger partial charge on any atom is 0.490 e. The Morgan fingerprint density at radius 1 is 1.11 bits per heavy atom. The second kappa shape index (κ2) is 8.65. The van der Waals surface area contributed by atoms with Crippen LogP contribution in [0.3, 0.4) is 0 Å². The minimum Gasteiger partial charge on any atom is -0.475 e. The van der Waals surface area contributed by atoms with Crippen molar-refractivity contribution in [2.24, 2.45) is 0 Å². The van der Waals surface area contributed by atoms with Crippen LogP contribution in [0.1, 0.15) is 5.82 Å². The molecule has 14 heteroatoms. The van der Waals surface area contributed by atoms with Crippen LogP contribution >= 0.6 is 0 Å². The Labute approximate surface area is 199 Å². The van der Waals surface area contributed by atoms with Crippen LogP contribution in [-0.2, 0) is 4.79 Å². The summed E-state index contributed by atoms with van der Waals surface area (Å²) in [4.78, 5) is 30.3. The highest BCUT2D eigenvalue weighted by Crippen LogP contribution is 2.34. The Hall–Kier alpha value is -5.01. The molecule has 36 heavy (non-hydrogen) atoms. The number of rotatable bonds is 3. The summed E-state index contributed by atoms with van der Waals surface area (Å²) in [5.41, 5.74) is 5.65. The van der Waals surface area contributed by atoms with E-state index in [0.29, 0.717) is 17.3 Å². The fourth-order valence-corrected chi connectivity index (χ4v) is 3.63. The number of carboxylic acid groups (broad SMARTS) is 1. The van der Waals surface area contributed by atoms with E-state index in [4.69, 9.17) is 19.9 Å². The molecule has 0 fully saturated rings. The Morgan fingerprint density at radius 2 is 1.92 bits per heavy atom. The SMILES string of the molecule is Cc1nc(-c2c(Nc3cccc4[nH]ncc34)nc3ccccn23)c2[nH]cnc2n1.O=C(O)C(F)(F)F. The van der Waals surface area contributed by atoms with E-state index >= 15 is 0 Å². The number of nitrogens with zero attached hydrogens (tertiary/aromatic N) is 6. The van der Waals surface area contributed by atoms with Gasteiger partial charge in [-0.3, -0.25) is 9.50 Å². The lowest BCUT2D eigenvalue weighted by Gasteiger charge is -2.09. The van der Waals surface area contributed by atoms with Gasteiger partial charge in [-0.05, 0) is 31.2 Å². The molecular formula is C22H16F3N9O2. The molecule has 6 rings (SSSR count). The first-order valence-electron chi connectivity index (χ1n) is 10.4. The van der Waals surface area contributed by atoms with E-state index in [-0.39, 0.29) is 0 Å². The van der Waals surface area contributed by atoms with Gasteiger partial charge in [-0.1, -0.05) is 12.1 Å². The Bertz CT molecular complexity index is 1720. The van der Waals surface area contributed by atoms with Crippen LogP contribution in [0.4, 0.5) is 24.7 Å². The highest BCUT2D eigenvalue weighted by atomic mass is 19.4. The van der Waals surface area contributed by atoms with Crippen LogP contribution in [0.5, 0.6) is 0 Å². The number of H-pyrrole nitrogens is 2. The molecule has 1 aromatic carbocycles. The van der Waals surface area contributed by atoms with E-state index in [1.54, 1.807) is 12.5 Å². The average Bonchev–Trinajstić information content (AvgIpc) is 3.56. The number of halogens is 3. The molecule has 0 aliphatic rings. The van der Waals surface area contributed by atoms with Gasteiger partial charge < -0.3 is 15.4 Å². The number of aryl methyl sites for hydroxylation is 1. The third kappa shape index (κ3) is 4.15. The Kier molecular flexibility index (Phi) is 5.47. The van der Waals surface area contributed by atoms with Gasteiger partial charge in [-0.2, -0.15) is 18.3 Å². The predicted molar refractivity (Wildman–Crippen MR) is 124 cm³/mol. The first-order valence-corrected chi connectivity index (χ1v) is 10.4. The standard InChI is InChI=1S/C20H15N9.C2HF3O2/c1-11-24-16(17-19(25-11)22-10-21-17)18-20(27-15-7-2-3-8-29(15)18)26-13-5-4-6-14-12(13)9-23-28-14;3-2(4,5)1(6)7/h2-10,26H,1H3,(H,23,28)(H,21,22,24,25);(H,6,7). The molecule has 0 saturated carbocycles. The molecule has 5 aromatic heterocycles. The van der Waals surface area contributed by atoms with Crippen molar-refractivity contribution in [2.75, 3.05) is 5.32 Å². The molecule has 11 nitrogen and oxygen atoms in total. The molecular weight excluding hydrogens is 479 g/mol. The number of carbonyl (C=O) groups is 1. The molecule has 4 N–H and O–H groups in total. The highest BCUT2D eigenvalue weighted by Gasteiger charge is 2.38. The monoisotopic (exact) mass is 495 g/mol. The molecule has 0 radical (unpaired) electrons. The zero-order chi connectivity index (χ0) is 25.4. The number of aromatic amines is 2. The smallest absolute Gasteiger partial charge is 0.475 e. The third-order valence-corrected chi connectivity index (χ3v) is 5.13. The lowest BCUT2D eigenvalue weighted by Crippen LogP contribution is -2.21. The van der Waals surface area contributed by atoms with Gasteiger partial charge >= 0.3 is 12.1 Å². The topological polar surface area (TPSA) is 150 Å². The second-order valence-electron chi connectivity index (χ2n) is 7.52. The summed E-state index contributed by atoms with van der Waals surface area (Å²) < 4.78 is 33.7. The normalized spacial score (nSPS) is 11.6. The van der Waals surface area contributed by atoms with E-state index in [0.717, 1.165) is 39.1 Å². The van der Waals surface area contributed by atoms with Gasteiger partial charge in [0.1, 0.15) is 28.4 Å². The van der Waals surface area contributed by atoms with Crippen molar-refractivity contribution >= 4 is 45.2 Å². The second-order valence-corrected chi connectivity index (χ2v) is 7.52. The van der Waals surface area contributed by atoms with Crippen molar-refractivity contribution < 1.29 is 23.1 Å². The average molecular weight is 495 g/mol. The van der Waals surface area contributed by atoms with Crippen LogP contribution in [0, 0.1) is 6.92 Å². The Balaban J connectivity index is 0.000000338. The number of fused-ring (bicyclic) bond motifs is 3. The Morgan fingerprint density at radius 3 is 2.69 bits per heavy atom. The zero-order valence-corrected chi connectivity index (χ0v) is 18.4. The summed E-state index contributed by atoms with van der Waals surface area (Å²) in [5.74, 6) is -1.42.